The second-order valence-electron chi connectivity index (χ2n) is 11.0. The van der Waals surface area contributed by atoms with E-state index in [0.717, 1.165) is 49.2 Å². The highest BCUT2D eigenvalue weighted by atomic mass is 16.5. The van der Waals surface area contributed by atoms with E-state index in [0.29, 0.717) is 57.3 Å². The molecule has 1 aromatic heterocycles. The molecule has 0 saturated carbocycles. The fourth-order valence-electron chi connectivity index (χ4n) is 5.78. The van der Waals surface area contributed by atoms with Gasteiger partial charge in [0.1, 0.15) is 23.8 Å². The van der Waals surface area contributed by atoms with Crippen molar-refractivity contribution in [3.8, 4) is 22.8 Å². The average Bonchev–Trinajstić information content (AvgIpc) is 3.51. The SMILES string of the molecule is CCCCN1CCOc2ccccc2CCCCC2(CN(C(=O)c3cc(-c4ccc(OCC)cc4)n[nH]3)CCO2)C1=O. The highest BCUT2D eigenvalue weighted by Crippen LogP contribution is 2.31. The van der Waals surface area contributed by atoms with E-state index in [2.05, 4.69) is 23.2 Å². The molecule has 1 atom stereocenters. The van der Waals surface area contributed by atoms with Gasteiger partial charge in [0, 0.05) is 18.7 Å². The molecule has 2 aliphatic rings. The third-order valence-corrected chi connectivity index (χ3v) is 8.07. The summed E-state index contributed by atoms with van der Waals surface area (Å²) in [4.78, 5) is 31.6. The number of nitrogens with one attached hydrogen (secondary N) is 1. The number of hydrogen-bond acceptors (Lipinski definition) is 6. The molecular formula is C33H42N4O5. The van der Waals surface area contributed by atoms with E-state index in [-0.39, 0.29) is 18.4 Å². The summed E-state index contributed by atoms with van der Waals surface area (Å²) in [5.41, 5.74) is 2.06. The van der Waals surface area contributed by atoms with Crippen LogP contribution in [0.15, 0.2) is 54.6 Å². The molecule has 1 saturated heterocycles. The maximum atomic E-state index is 14.2. The zero-order valence-corrected chi connectivity index (χ0v) is 24.8. The molecule has 5 rings (SSSR count). The van der Waals surface area contributed by atoms with Gasteiger partial charge in [-0.1, -0.05) is 31.5 Å². The zero-order chi connectivity index (χ0) is 29.4. The van der Waals surface area contributed by atoms with Gasteiger partial charge in [-0.15, -0.1) is 0 Å². The number of nitrogens with zero attached hydrogens (tertiary/aromatic N) is 3. The molecule has 224 valence electrons. The fourth-order valence-corrected chi connectivity index (χ4v) is 5.78. The maximum absolute atomic E-state index is 14.2. The van der Waals surface area contributed by atoms with Crippen LogP contribution in [-0.4, -0.2) is 83.4 Å². The summed E-state index contributed by atoms with van der Waals surface area (Å²) in [6.07, 6.45) is 4.99. The first-order valence-corrected chi connectivity index (χ1v) is 15.2. The molecule has 1 spiro atoms. The quantitative estimate of drug-likeness (QED) is 0.421. The van der Waals surface area contributed by atoms with Crippen LogP contribution in [0.1, 0.15) is 62.0 Å². The lowest BCUT2D eigenvalue weighted by atomic mass is 9.90. The Kier molecular flexibility index (Phi) is 9.79. The summed E-state index contributed by atoms with van der Waals surface area (Å²) < 4.78 is 18.0. The van der Waals surface area contributed by atoms with E-state index in [1.54, 1.807) is 11.0 Å². The number of ether oxygens (including phenoxy) is 3. The van der Waals surface area contributed by atoms with Crippen molar-refractivity contribution in [2.75, 3.05) is 46.0 Å². The standard InChI is InChI=1S/C33H42N4O5/c1-3-5-18-36-19-21-41-30-12-7-6-10-26(30)11-8-9-17-33(32(36)39)24-37(20-22-42-33)31(38)29-23-28(34-35-29)25-13-15-27(16-14-25)40-4-2/h6-7,10,12-16,23H,3-5,8-9,11,17-22,24H2,1-2H3,(H,34,35). The molecule has 2 aliphatic heterocycles. The van der Waals surface area contributed by atoms with Crippen molar-refractivity contribution in [1.82, 2.24) is 20.0 Å². The lowest BCUT2D eigenvalue weighted by molar-refractivity contribution is -0.170. The molecule has 1 N–H and O–H groups in total. The topological polar surface area (TPSA) is 97.0 Å². The fraction of sp³-hybridized carbons (Fsp3) is 0.485. The van der Waals surface area contributed by atoms with Crippen LogP contribution in [0, 0.1) is 0 Å². The van der Waals surface area contributed by atoms with E-state index in [1.807, 2.05) is 54.3 Å². The molecule has 9 nitrogen and oxygen atoms in total. The van der Waals surface area contributed by atoms with Gasteiger partial charge < -0.3 is 24.0 Å². The summed E-state index contributed by atoms with van der Waals surface area (Å²) in [6.45, 7) is 7.10. The van der Waals surface area contributed by atoms with Gasteiger partial charge in [0.2, 0.25) is 0 Å². The number of benzene rings is 2. The van der Waals surface area contributed by atoms with Gasteiger partial charge in [0.05, 0.1) is 32.0 Å². The predicted octanol–water partition coefficient (Wildman–Crippen LogP) is 5.12. The van der Waals surface area contributed by atoms with Gasteiger partial charge >= 0.3 is 0 Å². The van der Waals surface area contributed by atoms with E-state index >= 15 is 0 Å². The Morgan fingerprint density at radius 2 is 1.90 bits per heavy atom. The summed E-state index contributed by atoms with van der Waals surface area (Å²) in [5.74, 6) is 1.45. The molecule has 42 heavy (non-hydrogen) atoms. The van der Waals surface area contributed by atoms with E-state index < -0.39 is 5.60 Å². The largest absolute Gasteiger partial charge is 0.494 e. The number of rotatable bonds is 7. The lowest BCUT2D eigenvalue weighted by Crippen LogP contribution is -2.62. The lowest BCUT2D eigenvalue weighted by Gasteiger charge is -2.44. The number of carbonyl (C=O) groups is 2. The molecule has 1 fully saturated rings. The van der Waals surface area contributed by atoms with E-state index in [4.69, 9.17) is 14.2 Å². The molecule has 2 aromatic carbocycles. The summed E-state index contributed by atoms with van der Waals surface area (Å²) >= 11 is 0. The third kappa shape index (κ3) is 6.78. The first-order chi connectivity index (χ1) is 20.5. The summed E-state index contributed by atoms with van der Waals surface area (Å²) in [7, 11) is 0. The van der Waals surface area contributed by atoms with Crippen LogP contribution in [-0.2, 0) is 16.0 Å². The van der Waals surface area contributed by atoms with Gasteiger partial charge in [-0.25, -0.2) is 0 Å². The monoisotopic (exact) mass is 574 g/mol. The smallest absolute Gasteiger partial charge is 0.272 e. The second kappa shape index (κ2) is 13.9. The van der Waals surface area contributed by atoms with Crippen LogP contribution in [0.5, 0.6) is 11.5 Å². The Morgan fingerprint density at radius 3 is 2.71 bits per heavy atom. The number of unbranched alkanes of at least 4 members (excludes halogenated alkanes) is 1. The normalized spacial score (nSPS) is 19.9. The number of para-hydroxylation sites is 1. The Labute approximate surface area is 248 Å². The van der Waals surface area contributed by atoms with Crippen LogP contribution >= 0.6 is 0 Å². The first kappa shape index (κ1) is 29.6. The van der Waals surface area contributed by atoms with E-state index in [9.17, 15) is 9.59 Å². The average molecular weight is 575 g/mol. The molecule has 3 aromatic rings. The Hall–Kier alpha value is -3.85. The number of aromatic amines is 1. The van der Waals surface area contributed by atoms with Gasteiger partial charge in [-0.05, 0) is 81.0 Å². The molecule has 2 amide bonds. The number of morpholine rings is 1. The number of amides is 2. The highest BCUT2D eigenvalue weighted by Gasteiger charge is 2.47. The maximum Gasteiger partial charge on any atom is 0.272 e. The number of fused-ring (bicyclic) bond motifs is 1. The minimum absolute atomic E-state index is 0.0504. The van der Waals surface area contributed by atoms with Crippen molar-refractivity contribution in [3.63, 3.8) is 0 Å². The van der Waals surface area contributed by atoms with Gasteiger partial charge in [-0.2, -0.15) is 5.10 Å². The number of carbonyl (C=O) groups excluding carboxylic acids is 2. The number of aromatic nitrogens is 2. The molecular weight excluding hydrogens is 532 g/mol. The minimum atomic E-state index is -1.08. The highest BCUT2D eigenvalue weighted by molar-refractivity contribution is 5.94. The Morgan fingerprint density at radius 1 is 1.07 bits per heavy atom. The van der Waals surface area contributed by atoms with Gasteiger partial charge in [0.25, 0.3) is 11.8 Å². The third-order valence-electron chi connectivity index (χ3n) is 8.07. The second-order valence-corrected chi connectivity index (χ2v) is 11.0. The van der Waals surface area contributed by atoms with Crippen LogP contribution in [0.2, 0.25) is 0 Å². The van der Waals surface area contributed by atoms with Crippen LogP contribution < -0.4 is 9.47 Å². The number of hydrogen-bond donors (Lipinski definition) is 1. The van der Waals surface area contributed by atoms with Gasteiger partial charge in [-0.3, -0.25) is 14.7 Å². The molecule has 0 aliphatic carbocycles. The van der Waals surface area contributed by atoms with Crippen molar-refractivity contribution in [2.24, 2.45) is 0 Å². The Balaban J connectivity index is 1.34. The van der Waals surface area contributed by atoms with Crippen molar-refractivity contribution in [3.05, 3.63) is 65.9 Å². The first-order valence-electron chi connectivity index (χ1n) is 15.2. The van der Waals surface area contributed by atoms with Crippen molar-refractivity contribution in [2.45, 2.75) is 58.0 Å². The summed E-state index contributed by atoms with van der Waals surface area (Å²) in [6, 6.07) is 17.6. The minimum Gasteiger partial charge on any atom is -0.494 e. The van der Waals surface area contributed by atoms with Crippen molar-refractivity contribution in [1.29, 1.82) is 0 Å². The molecule has 0 bridgehead atoms. The molecule has 0 radical (unpaired) electrons. The molecule has 3 heterocycles. The van der Waals surface area contributed by atoms with E-state index in [1.165, 1.54) is 5.56 Å². The Bertz CT molecular complexity index is 1340. The summed E-state index contributed by atoms with van der Waals surface area (Å²) in [5, 5.41) is 7.32. The molecule has 1 unspecified atom stereocenters. The van der Waals surface area contributed by atoms with Crippen LogP contribution in [0.3, 0.4) is 0 Å². The van der Waals surface area contributed by atoms with Crippen LogP contribution in [0.25, 0.3) is 11.3 Å². The zero-order valence-electron chi connectivity index (χ0n) is 24.8. The predicted molar refractivity (Wildman–Crippen MR) is 161 cm³/mol. The van der Waals surface area contributed by atoms with Crippen molar-refractivity contribution < 1.29 is 23.8 Å². The van der Waals surface area contributed by atoms with Crippen LogP contribution in [0.4, 0.5) is 0 Å². The number of H-pyrrole nitrogens is 1. The number of aryl methyl sites for hydroxylation is 1. The van der Waals surface area contributed by atoms with Crippen molar-refractivity contribution >= 4 is 11.8 Å². The van der Waals surface area contributed by atoms with Gasteiger partial charge in [0.15, 0.2) is 5.60 Å². The molecule has 9 heteroatoms.